The molecule has 4 heteroatoms. The monoisotopic (exact) mass is 242 g/mol. The Morgan fingerprint density at radius 3 is 2.24 bits per heavy atom. The number of nitrogens with zero attached hydrogens (tertiary/aromatic N) is 1. The summed E-state index contributed by atoms with van der Waals surface area (Å²) >= 11 is 0. The lowest BCUT2D eigenvalue weighted by Crippen LogP contribution is -2.40. The van der Waals surface area contributed by atoms with E-state index in [0.29, 0.717) is 0 Å². The van der Waals surface area contributed by atoms with Crippen LogP contribution in [-0.2, 0) is 9.59 Å². The first-order valence-electron chi connectivity index (χ1n) is 6.58. The molecule has 0 aromatic heterocycles. The fourth-order valence-corrected chi connectivity index (χ4v) is 1.62. The van der Waals surface area contributed by atoms with Gasteiger partial charge in [-0.05, 0) is 19.3 Å². The van der Waals surface area contributed by atoms with Gasteiger partial charge in [-0.1, -0.05) is 27.2 Å². The number of rotatable bonds is 8. The van der Waals surface area contributed by atoms with Gasteiger partial charge in [0.1, 0.15) is 0 Å². The van der Waals surface area contributed by atoms with Crippen LogP contribution in [0, 0.1) is 5.92 Å². The quantitative estimate of drug-likeness (QED) is 0.705. The Balaban J connectivity index is 3.94. The minimum atomic E-state index is -0.0160. The Hall–Kier alpha value is -1.06. The van der Waals surface area contributed by atoms with Gasteiger partial charge in [-0.3, -0.25) is 9.59 Å². The van der Waals surface area contributed by atoms with Crippen LogP contribution in [0.4, 0.5) is 0 Å². The fraction of sp³-hybridized carbons (Fsp3) is 0.846. The molecule has 0 spiro atoms. The van der Waals surface area contributed by atoms with Crippen molar-refractivity contribution in [3.63, 3.8) is 0 Å². The summed E-state index contributed by atoms with van der Waals surface area (Å²) in [6.07, 6.45) is 3.71. The number of amides is 2. The van der Waals surface area contributed by atoms with E-state index < -0.39 is 0 Å². The van der Waals surface area contributed by atoms with E-state index in [0.717, 1.165) is 32.2 Å². The number of nitrogens with one attached hydrogen (secondary N) is 1. The van der Waals surface area contributed by atoms with Gasteiger partial charge in [0.05, 0.1) is 6.54 Å². The zero-order valence-electron chi connectivity index (χ0n) is 11.6. The molecule has 17 heavy (non-hydrogen) atoms. The third-order valence-corrected chi connectivity index (χ3v) is 3.04. The molecule has 0 aliphatic carbocycles. The standard InChI is InChI=1S/C13H26N2O2/c1-5-8-9-15(4)12(16)10-14-13(17)11(6-2)7-3/h11H,5-10H2,1-4H3,(H,14,17). The lowest BCUT2D eigenvalue weighted by atomic mass is 10.0. The Labute approximate surface area is 105 Å². The summed E-state index contributed by atoms with van der Waals surface area (Å²) in [7, 11) is 1.78. The van der Waals surface area contributed by atoms with E-state index in [1.165, 1.54) is 0 Å². The molecule has 100 valence electrons. The minimum Gasteiger partial charge on any atom is -0.347 e. The van der Waals surface area contributed by atoms with E-state index in [1.807, 2.05) is 13.8 Å². The van der Waals surface area contributed by atoms with E-state index in [1.54, 1.807) is 11.9 Å². The van der Waals surface area contributed by atoms with Crippen LogP contribution in [0.25, 0.3) is 0 Å². The number of hydrogen-bond donors (Lipinski definition) is 1. The molecule has 4 nitrogen and oxygen atoms in total. The van der Waals surface area contributed by atoms with Gasteiger partial charge in [0.25, 0.3) is 0 Å². The topological polar surface area (TPSA) is 49.4 Å². The van der Waals surface area contributed by atoms with E-state index >= 15 is 0 Å². The van der Waals surface area contributed by atoms with Crippen molar-refractivity contribution in [2.75, 3.05) is 20.1 Å². The lowest BCUT2D eigenvalue weighted by molar-refractivity contribution is -0.133. The highest BCUT2D eigenvalue weighted by atomic mass is 16.2. The summed E-state index contributed by atoms with van der Waals surface area (Å²) < 4.78 is 0. The molecule has 0 atom stereocenters. The first-order valence-corrected chi connectivity index (χ1v) is 6.58. The molecule has 0 rings (SSSR count). The third kappa shape index (κ3) is 6.29. The number of carbonyl (C=O) groups is 2. The van der Waals surface area contributed by atoms with Crippen molar-refractivity contribution in [3.8, 4) is 0 Å². The van der Waals surface area contributed by atoms with E-state index in [-0.39, 0.29) is 24.3 Å². The summed E-state index contributed by atoms with van der Waals surface area (Å²) in [5.74, 6) is 0.00810. The highest BCUT2D eigenvalue weighted by Crippen LogP contribution is 2.06. The van der Waals surface area contributed by atoms with Crippen LogP contribution in [0.3, 0.4) is 0 Å². The average Bonchev–Trinajstić information content (AvgIpc) is 2.34. The van der Waals surface area contributed by atoms with Gasteiger partial charge in [0.2, 0.25) is 11.8 Å². The van der Waals surface area contributed by atoms with Gasteiger partial charge >= 0.3 is 0 Å². The van der Waals surface area contributed by atoms with E-state index in [2.05, 4.69) is 12.2 Å². The number of unbranched alkanes of at least 4 members (excludes halogenated alkanes) is 1. The second-order valence-corrected chi connectivity index (χ2v) is 4.40. The summed E-state index contributed by atoms with van der Waals surface area (Å²) in [6.45, 7) is 6.95. The fourth-order valence-electron chi connectivity index (χ4n) is 1.62. The average molecular weight is 242 g/mol. The molecule has 0 fully saturated rings. The molecule has 0 radical (unpaired) electrons. The van der Waals surface area contributed by atoms with Gasteiger partial charge in [-0.15, -0.1) is 0 Å². The van der Waals surface area contributed by atoms with Crippen LogP contribution in [0.1, 0.15) is 46.5 Å². The largest absolute Gasteiger partial charge is 0.347 e. The first-order chi connectivity index (χ1) is 8.06. The second-order valence-electron chi connectivity index (χ2n) is 4.40. The summed E-state index contributed by atoms with van der Waals surface area (Å²) in [5.41, 5.74) is 0. The van der Waals surface area contributed by atoms with Crippen molar-refractivity contribution in [1.82, 2.24) is 10.2 Å². The summed E-state index contributed by atoms with van der Waals surface area (Å²) in [4.78, 5) is 25.0. The lowest BCUT2D eigenvalue weighted by Gasteiger charge is -2.18. The van der Waals surface area contributed by atoms with Crippen LogP contribution in [0.15, 0.2) is 0 Å². The van der Waals surface area contributed by atoms with Crippen molar-refractivity contribution >= 4 is 11.8 Å². The van der Waals surface area contributed by atoms with Gasteiger partial charge < -0.3 is 10.2 Å². The second kappa shape index (κ2) is 9.02. The first kappa shape index (κ1) is 15.9. The molecule has 0 aromatic rings. The Bertz CT molecular complexity index is 238. The maximum absolute atomic E-state index is 11.7. The number of likely N-dealkylation sites (N-methyl/N-ethyl adjacent to an activating group) is 1. The van der Waals surface area contributed by atoms with Crippen LogP contribution in [0.5, 0.6) is 0 Å². The minimum absolute atomic E-state index is 0.00718. The maximum Gasteiger partial charge on any atom is 0.241 e. The van der Waals surface area contributed by atoms with E-state index in [9.17, 15) is 9.59 Å². The van der Waals surface area contributed by atoms with Crippen molar-refractivity contribution in [3.05, 3.63) is 0 Å². The predicted octanol–water partition coefficient (Wildman–Crippen LogP) is 1.80. The predicted molar refractivity (Wildman–Crippen MR) is 69.6 cm³/mol. The van der Waals surface area contributed by atoms with Gasteiger partial charge in [0, 0.05) is 19.5 Å². The highest BCUT2D eigenvalue weighted by Gasteiger charge is 2.15. The molecule has 0 saturated heterocycles. The number of carbonyl (C=O) groups excluding carboxylic acids is 2. The van der Waals surface area contributed by atoms with Gasteiger partial charge in [0.15, 0.2) is 0 Å². The summed E-state index contributed by atoms with van der Waals surface area (Å²) in [6, 6.07) is 0. The number of hydrogen-bond acceptors (Lipinski definition) is 2. The molecular formula is C13H26N2O2. The third-order valence-electron chi connectivity index (χ3n) is 3.04. The smallest absolute Gasteiger partial charge is 0.241 e. The molecular weight excluding hydrogens is 216 g/mol. The van der Waals surface area contributed by atoms with Crippen molar-refractivity contribution in [2.24, 2.45) is 5.92 Å². The van der Waals surface area contributed by atoms with E-state index in [4.69, 9.17) is 0 Å². The molecule has 1 N–H and O–H groups in total. The normalized spacial score (nSPS) is 10.4. The zero-order chi connectivity index (χ0) is 13.3. The van der Waals surface area contributed by atoms with Crippen molar-refractivity contribution in [2.45, 2.75) is 46.5 Å². The van der Waals surface area contributed by atoms with Gasteiger partial charge in [-0.2, -0.15) is 0 Å². The molecule has 0 aliphatic rings. The Morgan fingerprint density at radius 1 is 1.18 bits per heavy atom. The van der Waals surface area contributed by atoms with Crippen LogP contribution < -0.4 is 5.32 Å². The molecule has 0 unspecified atom stereocenters. The van der Waals surface area contributed by atoms with Crippen molar-refractivity contribution in [1.29, 1.82) is 0 Å². The summed E-state index contributed by atoms with van der Waals surface area (Å²) in [5, 5.41) is 2.71. The Morgan fingerprint density at radius 2 is 1.76 bits per heavy atom. The molecule has 0 saturated carbocycles. The van der Waals surface area contributed by atoms with Crippen LogP contribution in [-0.4, -0.2) is 36.9 Å². The zero-order valence-corrected chi connectivity index (χ0v) is 11.6. The van der Waals surface area contributed by atoms with Crippen LogP contribution >= 0.6 is 0 Å². The maximum atomic E-state index is 11.7. The highest BCUT2D eigenvalue weighted by molar-refractivity contribution is 5.85. The molecule has 0 aliphatic heterocycles. The van der Waals surface area contributed by atoms with Gasteiger partial charge in [-0.25, -0.2) is 0 Å². The SMILES string of the molecule is CCCCN(C)C(=O)CNC(=O)C(CC)CC. The van der Waals surface area contributed by atoms with Crippen molar-refractivity contribution < 1.29 is 9.59 Å². The van der Waals surface area contributed by atoms with Crippen LogP contribution in [0.2, 0.25) is 0 Å². The molecule has 0 bridgehead atoms. The molecule has 2 amide bonds. The molecule has 0 heterocycles. The Kier molecular flexibility index (Phi) is 8.46. The molecule has 0 aromatic carbocycles.